The maximum Gasteiger partial charge on any atom is 0.236 e. The lowest BCUT2D eigenvalue weighted by Gasteiger charge is -2.17. The molecular weight excluding hydrogens is 192 g/mol. The van der Waals surface area contributed by atoms with Crippen LogP contribution in [0.2, 0.25) is 0 Å². The largest absolute Gasteiger partial charge is 0.508 e. The van der Waals surface area contributed by atoms with Crippen molar-refractivity contribution in [2.75, 3.05) is 20.6 Å². The molecule has 0 saturated carbocycles. The number of amides is 1. The highest BCUT2D eigenvalue weighted by molar-refractivity contribution is 5.77. The van der Waals surface area contributed by atoms with E-state index in [2.05, 4.69) is 5.32 Å². The monoisotopic (exact) mass is 208 g/mol. The summed E-state index contributed by atoms with van der Waals surface area (Å²) in [6, 6.07) is 6.91. The van der Waals surface area contributed by atoms with Crippen LogP contribution >= 0.6 is 0 Å². The summed E-state index contributed by atoms with van der Waals surface area (Å²) in [7, 11) is 3.48. The molecule has 2 N–H and O–H groups in total. The normalized spacial score (nSPS) is 10.0. The smallest absolute Gasteiger partial charge is 0.236 e. The van der Waals surface area contributed by atoms with Gasteiger partial charge in [-0.25, -0.2) is 0 Å². The number of carbonyl (C=O) groups is 1. The Morgan fingerprint density at radius 2 is 2.27 bits per heavy atom. The topological polar surface area (TPSA) is 52.6 Å². The number of rotatable bonds is 4. The van der Waals surface area contributed by atoms with Crippen LogP contribution in [0.15, 0.2) is 24.3 Å². The average Bonchev–Trinajstić information content (AvgIpc) is 2.18. The zero-order chi connectivity index (χ0) is 11.3. The van der Waals surface area contributed by atoms with E-state index in [-0.39, 0.29) is 11.7 Å². The van der Waals surface area contributed by atoms with Gasteiger partial charge in [-0.2, -0.15) is 0 Å². The number of nitrogens with one attached hydrogen (secondary N) is 1. The van der Waals surface area contributed by atoms with Crippen molar-refractivity contribution in [2.45, 2.75) is 6.54 Å². The van der Waals surface area contributed by atoms with Crippen LogP contribution in [0.3, 0.4) is 0 Å². The molecular formula is C11H16N2O2. The summed E-state index contributed by atoms with van der Waals surface area (Å²) >= 11 is 0. The molecule has 0 aromatic heterocycles. The number of benzene rings is 1. The lowest BCUT2D eigenvalue weighted by molar-refractivity contribution is -0.129. The summed E-state index contributed by atoms with van der Waals surface area (Å²) in [6.45, 7) is 0.838. The zero-order valence-corrected chi connectivity index (χ0v) is 9.03. The Hall–Kier alpha value is -1.55. The van der Waals surface area contributed by atoms with Crippen LogP contribution in [0.4, 0.5) is 0 Å². The van der Waals surface area contributed by atoms with Gasteiger partial charge in [0.05, 0.1) is 6.54 Å². The second-order valence-corrected chi connectivity index (χ2v) is 3.45. The fraction of sp³-hybridized carbons (Fsp3) is 0.364. The second-order valence-electron chi connectivity index (χ2n) is 3.45. The third-order valence-corrected chi connectivity index (χ3v) is 2.08. The lowest BCUT2D eigenvalue weighted by Crippen LogP contribution is -2.33. The van der Waals surface area contributed by atoms with Crippen LogP contribution in [-0.4, -0.2) is 36.6 Å². The number of hydrogen-bond donors (Lipinski definition) is 2. The molecule has 4 nitrogen and oxygen atoms in total. The molecule has 0 saturated heterocycles. The molecule has 0 heterocycles. The number of likely N-dealkylation sites (N-methyl/N-ethyl adjacent to an activating group) is 2. The van der Waals surface area contributed by atoms with Crippen molar-refractivity contribution in [3.8, 4) is 5.75 Å². The number of hydrogen-bond acceptors (Lipinski definition) is 3. The Bertz CT molecular complexity index is 339. The molecule has 0 radical (unpaired) electrons. The van der Waals surface area contributed by atoms with Crippen molar-refractivity contribution in [3.05, 3.63) is 29.8 Å². The van der Waals surface area contributed by atoms with Crippen LogP contribution in [-0.2, 0) is 11.3 Å². The van der Waals surface area contributed by atoms with E-state index in [1.807, 2.05) is 6.07 Å². The Morgan fingerprint density at radius 3 is 2.87 bits per heavy atom. The van der Waals surface area contributed by atoms with Crippen LogP contribution in [0.25, 0.3) is 0 Å². The number of nitrogens with zero attached hydrogens (tertiary/aromatic N) is 1. The van der Waals surface area contributed by atoms with Gasteiger partial charge in [0.25, 0.3) is 0 Å². The maximum absolute atomic E-state index is 11.4. The minimum atomic E-state index is 0.0286. The van der Waals surface area contributed by atoms with Gasteiger partial charge in [-0.1, -0.05) is 12.1 Å². The van der Waals surface area contributed by atoms with E-state index in [1.165, 1.54) is 0 Å². The van der Waals surface area contributed by atoms with Gasteiger partial charge < -0.3 is 15.3 Å². The molecule has 0 bridgehead atoms. The molecule has 0 unspecified atom stereocenters. The van der Waals surface area contributed by atoms with Gasteiger partial charge in [0.1, 0.15) is 5.75 Å². The van der Waals surface area contributed by atoms with Crippen LogP contribution in [0.1, 0.15) is 5.56 Å². The molecule has 1 aromatic rings. The molecule has 0 fully saturated rings. The lowest BCUT2D eigenvalue weighted by atomic mass is 10.2. The standard InChI is InChI=1S/C11H16N2O2/c1-12-7-11(15)13(2)8-9-4-3-5-10(14)6-9/h3-6,12,14H,7-8H2,1-2H3. The van der Waals surface area contributed by atoms with Gasteiger partial charge in [0.2, 0.25) is 5.91 Å². The van der Waals surface area contributed by atoms with E-state index in [0.29, 0.717) is 13.1 Å². The first-order valence-electron chi connectivity index (χ1n) is 4.80. The van der Waals surface area contributed by atoms with E-state index in [0.717, 1.165) is 5.56 Å². The number of aromatic hydroxyl groups is 1. The Morgan fingerprint density at radius 1 is 1.53 bits per heavy atom. The molecule has 0 aliphatic heterocycles. The first-order chi connectivity index (χ1) is 7.13. The first-order valence-corrected chi connectivity index (χ1v) is 4.80. The van der Waals surface area contributed by atoms with Gasteiger partial charge in [-0.15, -0.1) is 0 Å². The van der Waals surface area contributed by atoms with Crippen LogP contribution in [0, 0.1) is 0 Å². The average molecular weight is 208 g/mol. The molecule has 1 rings (SSSR count). The van der Waals surface area contributed by atoms with Gasteiger partial charge in [-0.05, 0) is 24.7 Å². The van der Waals surface area contributed by atoms with E-state index >= 15 is 0 Å². The van der Waals surface area contributed by atoms with E-state index in [9.17, 15) is 9.90 Å². The van der Waals surface area contributed by atoms with Crippen molar-refractivity contribution in [1.82, 2.24) is 10.2 Å². The van der Waals surface area contributed by atoms with Crippen molar-refractivity contribution in [1.29, 1.82) is 0 Å². The van der Waals surface area contributed by atoms with Crippen molar-refractivity contribution in [2.24, 2.45) is 0 Å². The quantitative estimate of drug-likeness (QED) is 0.760. The highest BCUT2D eigenvalue weighted by atomic mass is 16.3. The SMILES string of the molecule is CNCC(=O)N(C)Cc1cccc(O)c1. The molecule has 0 atom stereocenters. The highest BCUT2D eigenvalue weighted by Gasteiger charge is 2.07. The molecule has 4 heteroatoms. The fourth-order valence-electron chi connectivity index (χ4n) is 1.30. The van der Waals surface area contributed by atoms with Crippen LogP contribution in [0.5, 0.6) is 5.75 Å². The summed E-state index contributed by atoms with van der Waals surface area (Å²) < 4.78 is 0. The van der Waals surface area contributed by atoms with Crippen molar-refractivity contribution < 1.29 is 9.90 Å². The van der Waals surface area contributed by atoms with Crippen LogP contribution < -0.4 is 5.32 Å². The molecule has 15 heavy (non-hydrogen) atoms. The summed E-state index contributed by atoms with van der Waals surface area (Å²) in [5.41, 5.74) is 0.918. The Kier molecular flexibility index (Phi) is 4.12. The molecule has 1 amide bonds. The summed E-state index contributed by atoms with van der Waals surface area (Å²) in [6.07, 6.45) is 0. The molecule has 0 aliphatic carbocycles. The molecule has 1 aromatic carbocycles. The van der Waals surface area contributed by atoms with Gasteiger partial charge in [0, 0.05) is 13.6 Å². The number of carbonyl (C=O) groups excluding carboxylic acids is 1. The van der Waals surface area contributed by atoms with Crippen molar-refractivity contribution >= 4 is 5.91 Å². The number of phenolic OH excluding ortho intramolecular Hbond substituents is 1. The third kappa shape index (κ3) is 3.59. The van der Waals surface area contributed by atoms with Gasteiger partial charge >= 0.3 is 0 Å². The summed E-state index contributed by atoms with van der Waals surface area (Å²) in [5.74, 6) is 0.253. The number of phenols is 1. The minimum Gasteiger partial charge on any atom is -0.508 e. The highest BCUT2D eigenvalue weighted by Crippen LogP contribution is 2.12. The van der Waals surface area contributed by atoms with E-state index in [1.54, 1.807) is 37.2 Å². The molecule has 0 aliphatic rings. The summed E-state index contributed by atoms with van der Waals surface area (Å²) in [5, 5.41) is 12.1. The van der Waals surface area contributed by atoms with E-state index < -0.39 is 0 Å². The maximum atomic E-state index is 11.4. The predicted molar refractivity (Wildman–Crippen MR) is 58.5 cm³/mol. The van der Waals surface area contributed by atoms with Gasteiger partial charge in [0.15, 0.2) is 0 Å². The molecule has 82 valence electrons. The van der Waals surface area contributed by atoms with E-state index in [4.69, 9.17) is 0 Å². The molecule has 0 spiro atoms. The fourth-order valence-corrected chi connectivity index (χ4v) is 1.30. The van der Waals surface area contributed by atoms with Gasteiger partial charge in [-0.3, -0.25) is 4.79 Å². The second kappa shape index (κ2) is 5.36. The Labute approximate surface area is 89.5 Å². The van der Waals surface area contributed by atoms with Crippen molar-refractivity contribution in [3.63, 3.8) is 0 Å². The third-order valence-electron chi connectivity index (χ3n) is 2.08. The first kappa shape index (κ1) is 11.5. The Balaban J connectivity index is 2.58. The zero-order valence-electron chi connectivity index (χ0n) is 9.03. The minimum absolute atomic E-state index is 0.0286. The summed E-state index contributed by atoms with van der Waals surface area (Å²) in [4.78, 5) is 13.0. The predicted octanol–water partition coefficient (Wildman–Crippen LogP) is 0.570.